The molecule has 0 aromatic heterocycles. The minimum Gasteiger partial charge on any atom is -0.465 e. The molecule has 0 spiro atoms. The maximum Gasteiger partial charge on any atom is 0.337 e. The second kappa shape index (κ2) is 5.94. The van der Waals surface area contributed by atoms with Crippen LogP contribution in [0.1, 0.15) is 40.5 Å². The van der Waals surface area contributed by atoms with E-state index in [1.54, 1.807) is 18.2 Å². The quantitative estimate of drug-likeness (QED) is 0.577. The number of ether oxygens (including phenoxy) is 1. The Morgan fingerprint density at radius 3 is 2.35 bits per heavy atom. The zero-order valence-corrected chi connectivity index (χ0v) is 9.86. The fourth-order valence-corrected chi connectivity index (χ4v) is 1.37. The molecule has 0 aliphatic carbocycles. The summed E-state index contributed by atoms with van der Waals surface area (Å²) in [6.07, 6.45) is 0.390. The first-order valence-electron chi connectivity index (χ1n) is 5.25. The van der Waals surface area contributed by atoms with Crippen LogP contribution in [0, 0.1) is 0 Å². The lowest BCUT2D eigenvalue weighted by Crippen LogP contribution is -2.06. The third-order valence-corrected chi connectivity index (χ3v) is 2.31. The van der Waals surface area contributed by atoms with Gasteiger partial charge in [0.15, 0.2) is 5.78 Å². The highest BCUT2D eigenvalue weighted by Crippen LogP contribution is 2.10. The van der Waals surface area contributed by atoms with E-state index in [9.17, 15) is 14.4 Å². The van der Waals surface area contributed by atoms with Crippen LogP contribution in [0.25, 0.3) is 0 Å². The lowest BCUT2D eigenvalue weighted by atomic mass is 10.0. The van der Waals surface area contributed by atoms with Gasteiger partial charge in [0.1, 0.15) is 5.78 Å². The van der Waals surface area contributed by atoms with E-state index in [4.69, 9.17) is 0 Å². The van der Waals surface area contributed by atoms with Crippen LogP contribution in [0.2, 0.25) is 0 Å². The van der Waals surface area contributed by atoms with Crippen molar-refractivity contribution in [2.45, 2.75) is 19.8 Å². The molecule has 1 aromatic rings. The Kier molecular flexibility index (Phi) is 4.57. The highest BCUT2D eigenvalue weighted by molar-refractivity contribution is 6.00. The maximum atomic E-state index is 11.7. The zero-order valence-electron chi connectivity index (χ0n) is 9.86. The highest BCUT2D eigenvalue weighted by Gasteiger charge is 2.11. The first-order chi connectivity index (χ1) is 8.04. The SMILES string of the molecule is COC(=O)c1cccc(C(=O)CCC(C)=O)c1. The molecule has 17 heavy (non-hydrogen) atoms. The van der Waals surface area contributed by atoms with Crippen LogP contribution in [0.3, 0.4) is 0 Å². The molecule has 0 saturated heterocycles. The van der Waals surface area contributed by atoms with Gasteiger partial charge in [0, 0.05) is 18.4 Å². The van der Waals surface area contributed by atoms with E-state index in [0.29, 0.717) is 11.1 Å². The molecule has 4 nitrogen and oxygen atoms in total. The largest absolute Gasteiger partial charge is 0.465 e. The molecule has 0 N–H and O–H groups in total. The number of benzene rings is 1. The zero-order chi connectivity index (χ0) is 12.8. The van der Waals surface area contributed by atoms with Gasteiger partial charge in [-0.3, -0.25) is 4.79 Å². The molecule has 0 bridgehead atoms. The predicted octanol–water partition coefficient (Wildman–Crippen LogP) is 2.03. The number of hydrogen-bond donors (Lipinski definition) is 0. The molecular formula is C13H14O4. The predicted molar refractivity (Wildman–Crippen MR) is 62.0 cm³/mol. The third kappa shape index (κ3) is 3.83. The number of hydrogen-bond acceptors (Lipinski definition) is 4. The molecule has 0 aliphatic rings. The lowest BCUT2D eigenvalue weighted by molar-refractivity contribution is -0.116. The average Bonchev–Trinajstić information content (AvgIpc) is 2.35. The van der Waals surface area contributed by atoms with Crippen LogP contribution >= 0.6 is 0 Å². The van der Waals surface area contributed by atoms with Crippen molar-refractivity contribution in [2.24, 2.45) is 0 Å². The van der Waals surface area contributed by atoms with Gasteiger partial charge in [-0.2, -0.15) is 0 Å². The van der Waals surface area contributed by atoms with Gasteiger partial charge in [0.25, 0.3) is 0 Å². The highest BCUT2D eigenvalue weighted by atomic mass is 16.5. The van der Waals surface area contributed by atoms with Gasteiger partial charge >= 0.3 is 5.97 Å². The molecule has 0 unspecified atom stereocenters. The van der Waals surface area contributed by atoms with Gasteiger partial charge in [0.2, 0.25) is 0 Å². The van der Waals surface area contributed by atoms with Crippen molar-refractivity contribution in [1.29, 1.82) is 0 Å². The van der Waals surface area contributed by atoms with Crippen molar-refractivity contribution >= 4 is 17.5 Å². The van der Waals surface area contributed by atoms with Crippen LogP contribution in [-0.2, 0) is 9.53 Å². The minimum atomic E-state index is -0.480. The Balaban J connectivity index is 2.80. The molecule has 0 atom stereocenters. The van der Waals surface area contributed by atoms with E-state index >= 15 is 0 Å². The Labute approximate surface area is 99.6 Å². The molecule has 0 radical (unpaired) electrons. The van der Waals surface area contributed by atoms with Crippen LogP contribution in [0.15, 0.2) is 24.3 Å². The summed E-state index contributed by atoms with van der Waals surface area (Å²) in [5.74, 6) is -0.653. The summed E-state index contributed by atoms with van der Waals surface area (Å²) in [5.41, 5.74) is 0.760. The number of carbonyl (C=O) groups is 3. The molecule has 0 fully saturated rings. The molecule has 0 saturated carbocycles. The number of esters is 1. The molecule has 1 rings (SSSR count). The Hall–Kier alpha value is -1.97. The topological polar surface area (TPSA) is 60.4 Å². The third-order valence-electron chi connectivity index (χ3n) is 2.31. The van der Waals surface area contributed by atoms with E-state index in [1.807, 2.05) is 0 Å². The molecule has 0 aliphatic heterocycles. The monoisotopic (exact) mass is 234 g/mol. The van der Waals surface area contributed by atoms with E-state index in [0.717, 1.165) is 0 Å². The van der Waals surface area contributed by atoms with E-state index in [-0.39, 0.29) is 24.4 Å². The van der Waals surface area contributed by atoms with Crippen molar-refractivity contribution in [3.05, 3.63) is 35.4 Å². The standard InChI is InChI=1S/C13H14O4/c1-9(14)6-7-12(15)10-4-3-5-11(8-10)13(16)17-2/h3-5,8H,6-7H2,1-2H3. The smallest absolute Gasteiger partial charge is 0.337 e. The molecular weight excluding hydrogens is 220 g/mol. The van der Waals surface area contributed by atoms with Gasteiger partial charge < -0.3 is 9.53 Å². The van der Waals surface area contributed by atoms with Gasteiger partial charge in [-0.05, 0) is 19.1 Å². The maximum absolute atomic E-state index is 11.7. The van der Waals surface area contributed by atoms with Crippen LogP contribution in [0.5, 0.6) is 0 Å². The van der Waals surface area contributed by atoms with Crippen molar-refractivity contribution in [3.8, 4) is 0 Å². The first-order valence-corrected chi connectivity index (χ1v) is 5.25. The number of carbonyl (C=O) groups excluding carboxylic acids is 3. The lowest BCUT2D eigenvalue weighted by Gasteiger charge is -2.02. The molecule has 90 valence electrons. The van der Waals surface area contributed by atoms with Crippen LogP contribution < -0.4 is 0 Å². The molecule has 4 heteroatoms. The Morgan fingerprint density at radius 1 is 1.12 bits per heavy atom. The number of ketones is 2. The second-order valence-electron chi connectivity index (χ2n) is 3.70. The molecule has 0 heterocycles. The number of methoxy groups -OCH3 is 1. The number of Topliss-reactive ketones (excluding diaryl/α,β-unsaturated/α-hetero) is 2. The van der Waals surface area contributed by atoms with Gasteiger partial charge in [0.05, 0.1) is 12.7 Å². The van der Waals surface area contributed by atoms with Gasteiger partial charge in [-0.15, -0.1) is 0 Å². The Morgan fingerprint density at radius 2 is 1.76 bits per heavy atom. The fourth-order valence-electron chi connectivity index (χ4n) is 1.37. The van der Waals surface area contributed by atoms with E-state index in [1.165, 1.54) is 20.1 Å². The summed E-state index contributed by atoms with van der Waals surface area (Å²) in [4.78, 5) is 33.7. The minimum absolute atomic E-state index is 0.0255. The summed E-state index contributed by atoms with van der Waals surface area (Å²) in [5, 5.41) is 0. The molecule has 0 amide bonds. The van der Waals surface area contributed by atoms with E-state index < -0.39 is 5.97 Å². The summed E-state index contributed by atoms with van der Waals surface area (Å²) in [6, 6.07) is 6.30. The summed E-state index contributed by atoms with van der Waals surface area (Å²) in [6.45, 7) is 1.44. The van der Waals surface area contributed by atoms with Gasteiger partial charge in [-0.25, -0.2) is 4.79 Å². The average molecular weight is 234 g/mol. The summed E-state index contributed by atoms with van der Waals surface area (Å²) in [7, 11) is 1.28. The van der Waals surface area contributed by atoms with Crippen molar-refractivity contribution in [1.82, 2.24) is 0 Å². The molecule has 1 aromatic carbocycles. The van der Waals surface area contributed by atoms with Crippen molar-refractivity contribution < 1.29 is 19.1 Å². The van der Waals surface area contributed by atoms with Gasteiger partial charge in [-0.1, -0.05) is 12.1 Å². The second-order valence-corrected chi connectivity index (χ2v) is 3.70. The van der Waals surface area contributed by atoms with Crippen LogP contribution in [-0.4, -0.2) is 24.6 Å². The van der Waals surface area contributed by atoms with Crippen molar-refractivity contribution in [2.75, 3.05) is 7.11 Å². The Bertz CT molecular complexity index is 448. The van der Waals surface area contributed by atoms with Crippen molar-refractivity contribution in [3.63, 3.8) is 0 Å². The number of rotatable bonds is 5. The fraction of sp³-hybridized carbons (Fsp3) is 0.308. The van der Waals surface area contributed by atoms with E-state index in [2.05, 4.69) is 4.74 Å². The summed E-state index contributed by atoms with van der Waals surface area (Å²) >= 11 is 0. The van der Waals surface area contributed by atoms with Crippen LogP contribution in [0.4, 0.5) is 0 Å². The normalized spacial score (nSPS) is 9.76. The first kappa shape index (κ1) is 13.1. The summed E-state index contributed by atoms with van der Waals surface area (Å²) < 4.78 is 4.56.